The van der Waals surface area contributed by atoms with Gasteiger partial charge >= 0.3 is 5.97 Å². The van der Waals surface area contributed by atoms with Crippen LogP contribution in [0, 0.1) is 21.6 Å². The molecule has 0 aromatic carbocycles. The molecule has 0 amide bonds. The van der Waals surface area contributed by atoms with Crippen LogP contribution in [0.2, 0.25) is 0 Å². The molecular weight excluding hydrogens is 192 g/mol. The van der Waals surface area contributed by atoms with Gasteiger partial charge in [-0.25, -0.2) is 0 Å². The Bertz CT molecular complexity index is 302. The Morgan fingerprint density at radius 1 is 1.13 bits per heavy atom. The van der Waals surface area contributed by atoms with Crippen molar-refractivity contribution in [3.63, 3.8) is 0 Å². The summed E-state index contributed by atoms with van der Waals surface area (Å²) in [5.74, 6) is -0.466. The van der Waals surface area contributed by atoms with E-state index in [0.717, 1.165) is 0 Å². The van der Waals surface area contributed by atoms with Crippen LogP contribution in [0.25, 0.3) is 0 Å². The third-order valence-corrected chi connectivity index (χ3v) is 2.97. The van der Waals surface area contributed by atoms with Crippen molar-refractivity contribution in [3.05, 3.63) is 0 Å². The van der Waals surface area contributed by atoms with Gasteiger partial charge in [-0.1, -0.05) is 20.8 Å². The molecule has 0 saturated heterocycles. The topological polar surface area (TPSA) is 74.0 Å². The summed E-state index contributed by atoms with van der Waals surface area (Å²) in [7, 11) is 1.30. The van der Waals surface area contributed by atoms with Gasteiger partial charge < -0.3 is 15.6 Å². The fraction of sp³-hybridized carbons (Fsp3) is 0.727. The molecule has 0 aliphatic heterocycles. The molecule has 0 aromatic heterocycles. The van der Waals surface area contributed by atoms with Crippen LogP contribution in [0.15, 0.2) is 0 Å². The fourth-order valence-electron chi connectivity index (χ4n) is 1.36. The third kappa shape index (κ3) is 2.25. The van der Waals surface area contributed by atoms with Crippen molar-refractivity contribution in [3.8, 4) is 0 Å². The standard InChI is InChI=1S/C11H20N2O2/c1-7(12)8(13)11(5,9(14)15-6)10(2,3)4/h12-13H,1-6H3. The van der Waals surface area contributed by atoms with E-state index >= 15 is 0 Å². The van der Waals surface area contributed by atoms with E-state index in [2.05, 4.69) is 0 Å². The molecule has 2 N–H and O–H groups in total. The van der Waals surface area contributed by atoms with Gasteiger partial charge in [0, 0.05) is 0 Å². The van der Waals surface area contributed by atoms with Crippen LogP contribution in [0.4, 0.5) is 0 Å². The monoisotopic (exact) mass is 212 g/mol. The molecule has 15 heavy (non-hydrogen) atoms. The van der Waals surface area contributed by atoms with Gasteiger partial charge in [0.25, 0.3) is 0 Å². The maximum Gasteiger partial charge on any atom is 0.318 e. The van der Waals surface area contributed by atoms with E-state index in [1.807, 2.05) is 20.8 Å². The number of rotatable bonds is 3. The smallest absolute Gasteiger partial charge is 0.318 e. The van der Waals surface area contributed by atoms with Crippen molar-refractivity contribution < 1.29 is 9.53 Å². The Labute approximate surface area is 91.0 Å². The summed E-state index contributed by atoms with van der Waals surface area (Å²) < 4.78 is 4.74. The van der Waals surface area contributed by atoms with Crippen LogP contribution in [-0.2, 0) is 9.53 Å². The first-order valence-electron chi connectivity index (χ1n) is 4.82. The summed E-state index contributed by atoms with van der Waals surface area (Å²) in [5.41, 5.74) is -1.42. The molecule has 0 heterocycles. The van der Waals surface area contributed by atoms with E-state index < -0.39 is 16.8 Å². The Balaban J connectivity index is 5.52. The summed E-state index contributed by atoms with van der Waals surface area (Å²) in [5, 5.41) is 15.3. The lowest BCUT2D eigenvalue weighted by molar-refractivity contribution is -0.152. The van der Waals surface area contributed by atoms with Crippen molar-refractivity contribution >= 4 is 17.4 Å². The summed E-state index contributed by atoms with van der Waals surface area (Å²) in [6, 6.07) is 0. The maximum absolute atomic E-state index is 11.8. The predicted molar refractivity (Wildman–Crippen MR) is 60.7 cm³/mol. The lowest BCUT2D eigenvalue weighted by Crippen LogP contribution is -2.49. The number of ether oxygens (including phenoxy) is 1. The highest BCUT2D eigenvalue weighted by atomic mass is 16.5. The molecule has 0 rings (SSSR count). The average molecular weight is 212 g/mol. The highest BCUT2D eigenvalue weighted by Gasteiger charge is 2.49. The first-order valence-corrected chi connectivity index (χ1v) is 4.82. The second-order valence-electron chi connectivity index (χ2n) is 4.87. The Morgan fingerprint density at radius 2 is 1.53 bits per heavy atom. The quantitative estimate of drug-likeness (QED) is 0.556. The van der Waals surface area contributed by atoms with Gasteiger partial charge in [-0.15, -0.1) is 0 Å². The molecule has 0 aliphatic rings. The minimum Gasteiger partial charge on any atom is -0.468 e. The molecule has 0 fully saturated rings. The lowest BCUT2D eigenvalue weighted by Gasteiger charge is -2.39. The van der Waals surface area contributed by atoms with Gasteiger partial charge in [-0.05, 0) is 19.3 Å². The molecule has 1 unspecified atom stereocenters. The molecule has 4 heteroatoms. The largest absolute Gasteiger partial charge is 0.468 e. The summed E-state index contributed by atoms with van der Waals surface area (Å²) in [6.45, 7) is 8.75. The molecule has 0 radical (unpaired) electrons. The number of hydrogen-bond acceptors (Lipinski definition) is 4. The van der Waals surface area contributed by atoms with E-state index in [1.54, 1.807) is 6.92 Å². The molecule has 0 aliphatic carbocycles. The van der Waals surface area contributed by atoms with E-state index in [4.69, 9.17) is 15.6 Å². The van der Waals surface area contributed by atoms with E-state index in [-0.39, 0.29) is 11.4 Å². The second-order valence-corrected chi connectivity index (χ2v) is 4.87. The molecule has 86 valence electrons. The SMILES string of the molecule is COC(=O)C(C)(C(=N)C(C)=N)C(C)(C)C. The van der Waals surface area contributed by atoms with Gasteiger partial charge in [0.1, 0.15) is 5.41 Å². The fourth-order valence-corrected chi connectivity index (χ4v) is 1.36. The lowest BCUT2D eigenvalue weighted by atomic mass is 9.64. The molecule has 4 nitrogen and oxygen atoms in total. The number of nitrogens with one attached hydrogen (secondary N) is 2. The van der Waals surface area contributed by atoms with Crippen molar-refractivity contribution in [2.75, 3.05) is 7.11 Å². The number of hydrogen-bond donors (Lipinski definition) is 2. The highest BCUT2D eigenvalue weighted by molar-refractivity contribution is 6.44. The summed E-state index contributed by atoms with van der Waals surface area (Å²) in [4.78, 5) is 11.8. The number of carbonyl (C=O) groups is 1. The van der Waals surface area contributed by atoms with E-state index in [1.165, 1.54) is 14.0 Å². The number of esters is 1. The normalized spacial score (nSPS) is 15.3. The molecule has 1 atom stereocenters. The molecule has 0 aromatic rings. The van der Waals surface area contributed by atoms with Gasteiger partial charge in [0.15, 0.2) is 0 Å². The van der Waals surface area contributed by atoms with Gasteiger partial charge in [0.05, 0.1) is 18.5 Å². The van der Waals surface area contributed by atoms with Crippen LogP contribution in [0.3, 0.4) is 0 Å². The highest BCUT2D eigenvalue weighted by Crippen LogP contribution is 2.40. The van der Waals surface area contributed by atoms with E-state index in [9.17, 15) is 4.79 Å². The minimum atomic E-state index is -1.08. The average Bonchev–Trinajstić information content (AvgIpc) is 2.11. The first-order chi connectivity index (χ1) is 6.59. The van der Waals surface area contributed by atoms with Crippen molar-refractivity contribution in [1.29, 1.82) is 10.8 Å². The summed E-state index contributed by atoms with van der Waals surface area (Å²) in [6.07, 6.45) is 0. The van der Waals surface area contributed by atoms with Crippen LogP contribution in [0.5, 0.6) is 0 Å². The van der Waals surface area contributed by atoms with Crippen molar-refractivity contribution in [2.24, 2.45) is 10.8 Å². The molecule has 0 spiro atoms. The van der Waals surface area contributed by atoms with Gasteiger partial charge in [-0.2, -0.15) is 0 Å². The van der Waals surface area contributed by atoms with Crippen molar-refractivity contribution in [2.45, 2.75) is 34.6 Å². The van der Waals surface area contributed by atoms with Crippen LogP contribution >= 0.6 is 0 Å². The van der Waals surface area contributed by atoms with Gasteiger partial charge in [-0.3, -0.25) is 4.79 Å². The second kappa shape index (κ2) is 4.13. The third-order valence-electron chi connectivity index (χ3n) is 2.97. The number of methoxy groups -OCH3 is 1. The van der Waals surface area contributed by atoms with Gasteiger partial charge in [0.2, 0.25) is 0 Å². The maximum atomic E-state index is 11.8. The zero-order valence-corrected chi connectivity index (χ0v) is 10.3. The van der Waals surface area contributed by atoms with Crippen LogP contribution in [0.1, 0.15) is 34.6 Å². The molecule has 0 saturated carbocycles. The van der Waals surface area contributed by atoms with Crippen LogP contribution < -0.4 is 0 Å². The van der Waals surface area contributed by atoms with Crippen molar-refractivity contribution in [1.82, 2.24) is 0 Å². The minimum absolute atomic E-state index is 0.0156. The van der Waals surface area contributed by atoms with Crippen LogP contribution in [-0.4, -0.2) is 24.5 Å². The predicted octanol–water partition coefficient (Wildman–Crippen LogP) is 2.27. The summed E-state index contributed by atoms with van der Waals surface area (Å²) >= 11 is 0. The first kappa shape index (κ1) is 13.8. The zero-order chi connectivity index (χ0) is 12.4. The Morgan fingerprint density at radius 3 is 1.73 bits per heavy atom. The van der Waals surface area contributed by atoms with E-state index in [0.29, 0.717) is 0 Å². The number of carbonyl (C=O) groups excluding carboxylic acids is 1. The zero-order valence-electron chi connectivity index (χ0n) is 10.3. The molecular formula is C11H20N2O2. The molecule has 0 bridgehead atoms. The Hall–Kier alpha value is -1.19. The Kier molecular flexibility index (Phi) is 3.80.